The van der Waals surface area contributed by atoms with Crippen molar-refractivity contribution >= 4 is 0 Å². The molecule has 0 N–H and O–H groups in total. The second-order valence-electron chi connectivity index (χ2n) is 8.49. The van der Waals surface area contributed by atoms with E-state index >= 15 is 0 Å². The summed E-state index contributed by atoms with van der Waals surface area (Å²) in [6.07, 6.45) is 0. The maximum absolute atomic E-state index is 5.39. The number of nitrogens with zero attached hydrogens (tertiary/aromatic N) is 3. The molecule has 3 aliphatic heterocycles. The van der Waals surface area contributed by atoms with Crippen molar-refractivity contribution in [2.75, 3.05) is 52.5 Å². The van der Waals surface area contributed by atoms with E-state index in [1.165, 1.54) is 39.3 Å². The van der Waals surface area contributed by atoms with Gasteiger partial charge < -0.3 is 4.74 Å². The molecule has 0 aromatic carbocycles. The lowest BCUT2D eigenvalue weighted by molar-refractivity contribution is -0.233. The van der Waals surface area contributed by atoms with Crippen molar-refractivity contribution in [3.63, 3.8) is 0 Å². The fraction of sp³-hybridized carbons (Fsp3) is 1.00. The minimum Gasteiger partial charge on any atom is -0.380 e. The molecule has 0 aliphatic carbocycles. The summed E-state index contributed by atoms with van der Waals surface area (Å²) in [5.41, 5.74) is 1.02. The average molecular weight is 281 g/mol. The molecule has 4 heteroatoms. The highest BCUT2D eigenvalue weighted by atomic mass is 16.5. The van der Waals surface area contributed by atoms with Crippen LogP contribution in [0.2, 0.25) is 0 Å². The SMILES string of the molecule is CC(C)(C)N1CCN(C(C)(C)N2CC3(COC3)C2)CC1. The fourth-order valence-corrected chi connectivity index (χ4v) is 3.85. The minimum atomic E-state index is 0.199. The number of ether oxygens (including phenoxy) is 1. The van der Waals surface area contributed by atoms with E-state index in [0.717, 1.165) is 13.2 Å². The molecule has 3 heterocycles. The van der Waals surface area contributed by atoms with Gasteiger partial charge in [0.1, 0.15) is 0 Å². The molecule has 3 fully saturated rings. The summed E-state index contributed by atoms with van der Waals surface area (Å²) < 4.78 is 5.39. The van der Waals surface area contributed by atoms with Crippen molar-refractivity contribution in [2.45, 2.75) is 45.8 Å². The van der Waals surface area contributed by atoms with E-state index in [1.807, 2.05) is 0 Å². The Morgan fingerprint density at radius 2 is 1.25 bits per heavy atom. The molecule has 0 amide bonds. The van der Waals surface area contributed by atoms with Gasteiger partial charge in [-0.05, 0) is 34.6 Å². The van der Waals surface area contributed by atoms with E-state index in [0.29, 0.717) is 11.0 Å². The quantitative estimate of drug-likeness (QED) is 0.763. The summed E-state index contributed by atoms with van der Waals surface area (Å²) in [6, 6.07) is 0. The Kier molecular flexibility index (Phi) is 3.45. The molecule has 20 heavy (non-hydrogen) atoms. The summed E-state index contributed by atoms with van der Waals surface area (Å²) in [6.45, 7) is 20.9. The molecule has 3 rings (SSSR count). The number of hydrogen-bond donors (Lipinski definition) is 0. The third kappa shape index (κ3) is 2.41. The first-order chi connectivity index (χ1) is 9.23. The van der Waals surface area contributed by atoms with Crippen molar-refractivity contribution in [2.24, 2.45) is 5.41 Å². The van der Waals surface area contributed by atoms with Crippen molar-refractivity contribution in [1.29, 1.82) is 0 Å². The minimum absolute atomic E-state index is 0.199. The zero-order valence-electron chi connectivity index (χ0n) is 13.9. The third-order valence-electron chi connectivity index (χ3n) is 5.65. The Labute approximate surface area is 124 Å². The highest BCUT2D eigenvalue weighted by Gasteiger charge is 2.54. The van der Waals surface area contributed by atoms with Crippen molar-refractivity contribution in [1.82, 2.24) is 14.7 Å². The summed E-state index contributed by atoms with van der Waals surface area (Å²) in [5.74, 6) is 0. The van der Waals surface area contributed by atoms with E-state index in [4.69, 9.17) is 4.74 Å². The normalized spacial score (nSPS) is 29.2. The molecule has 0 aromatic rings. The summed E-state index contributed by atoms with van der Waals surface area (Å²) in [7, 11) is 0. The molecule has 4 nitrogen and oxygen atoms in total. The van der Waals surface area contributed by atoms with Crippen LogP contribution < -0.4 is 0 Å². The topological polar surface area (TPSA) is 19.0 Å². The molecular weight excluding hydrogens is 250 g/mol. The zero-order valence-corrected chi connectivity index (χ0v) is 13.9. The molecule has 0 bridgehead atoms. The molecule has 3 aliphatic rings. The highest BCUT2D eigenvalue weighted by Crippen LogP contribution is 2.42. The van der Waals surface area contributed by atoms with Gasteiger partial charge in [0, 0.05) is 50.2 Å². The van der Waals surface area contributed by atoms with Crippen molar-refractivity contribution < 1.29 is 4.74 Å². The number of rotatable bonds is 2. The van der Waals surface area contributed by atoms with Crippen LogP contribution in [0.3, 0.4) is 0 Å². The zero-order chi connectivity index (χ0) is 14.6. The standard InChI is InChI=1S/C16H31N3O/c1-14(2,3)17-6-8-18(9-7-17)15(4,5)19-10-16(11-19)12-20-13-16/h6-13H2,1-5H3. The molecule has 0 unspecified atom stereocenters. The van der Waals surface area contributed by atoms with E-state index in [1.54, 1.807) is 0 Å². The summed E-state index contributed by atoms with van der Waals surface area (Å²) in [5, 5.41) is 0. The van der Waals surface area contributed by atoms with Crippen LogP contribution in [0.15, 0.2) is 0 Å². The maximum Gasteiger partial charge on any atom is 0.0681 e. The van der Waals surface area contributed by atoms with Gasteiger partial charge in [-0.15, -0.1) is 0 Å². The van der Waals surface area contributed by atoms with E-state index < -0.39 is 0 Å². The number of hydrogen-bond acceptors (Lipinski definition) is 4. The number of likely N-dealkylation sites (tertiary alicyclic amines) is 1. The molecule has 3 saturated heterocycles. The molecule has 0 saturated carbocycles. The van der Waals surface area contributed by atoms with E-state index in [-0.39, 0.29) is 5.66 Å². The lowest BCUT2D eigenvalue weighted by Gasteiger charge is -2.62. The Hall–Kier alpha value is -0.160. The second kappa shape index (κ2) is 4.67. The van der Waals surface area contributed by atoms with Gasteiger partial charge in [0.05, 0.1) is 18.9 Å². The average Bonchev–Trinajstić information content (AvgIpc) is 2.24. The van der Waals surface area contributed by atoms with Crippen LogP contribution in [0.4, 0.5) is 0 Å². The van der Waals surface area contributed by atoms with Crippen LogP contribution >= 0.6 is 0 Å². The molecule has 0 radical (unpaired) electrons. The molecule has 1 spiro atoms. The second-order valence-corrected chi connectivity index (χ2v) is 8.49. The molecular formula is C16H31N3O. The number of piperazine rings is 1. The van der Waals surface area contributed by atoms with Gasteiger partial charge in [-0.1, -0.05) is 0 Å². The Morgan fingerprint density at radius 3 is 1.65 bits per heavy atom. The first kappa shape index (κ1) is 14.8. The van der Waals surface area contributed by atoms with Crippen LogP contribution in [0.25, 0.3) is 0 Å². The molecule has 0 aromatic heterocycles. The maximum atomic E-state index is 5.39. The van der Waals surface area contributed by atoms with Gasteiger partial charge in [0.2, 0.25) is 0 Å². The largest absolute Gasteiger partial charge is 0.380 e. The fourth-order valence-electron chi connectivity index (χ4n) is 3.85. The lowest BCUT2D eigenvalue weighted by atomic mass is 9.76. The molecule has 116 valence electrons. The van der Waals surface area contributed by atoms with Crippen molar-refractivity contribution in [3.05, 3.63) is 0 Å². The Balaban J connectivity index is 1.54. The summed E-state index contributed by atoms with van der Waals surface area (Å²) >= 11 is 0. The van der Waals surface area contributed by atoms with Crippen LogP contribution in [0.5, 0.6) is 0 Å². The van der Waals surface area contributed by atoms with Crippen LogP contribution in [-0.2, 0) is 4.74 Å². The van der Waals surface area contributed by atoms with Crippen LogP contribution in [0.1, 0.15) is 34.6 Å². The van der Waals surface area contributed by atoms with Crippen LogP contribution in [0, 0.1) is 5.41 Å². The predicted molar refractivity (Wildman–Crippen MR) is 81.8 cm³/mol. The monoisotopic (exact) mass is 281 g/mol. The van der Waals surface area contributed by atoms with E-state index in [2.05, 4.69) is 49.3 Å². The van der Waals surface area contributed by atoms with Gasteiger partial charge in [-0.25, -0.2) is 0 Å². The first-order valence-electron chi connectivity index (χ1n) is 8.06. The Bertz CT molecular complexity index is 354. The first-order valence-corrected chi connectivity index (χ1v) is 8.06. The van der Waals surface area contributed by atoms with Gasteiger partial charge in [-0.3, -0.25) is 14.7 Å². The van der Waals surface area contributed by atoms with Crippen molar-refractivity contribution in [3.8, 4) is 0 Å². The molecule has 0 atom stereocenters. The summed E-state index contributed by atoms with van der Waals surface area (Å²) in [4.78, 5) is 7.92. The Morgan fingerprint density at radius 1 is 0.750 bits per heavy atom. The third-order valence-corrected chi connectivity index (χ3v) is 5.65. The van der Waals surface area contributed by atoms with Gasteiger partial charge in [0.25, 0.3) is 0 Å². The smallest absolute Gasteiger partial charge is 0.0681 e. The lowest BCUT2D eigenvalue weighted by Crippen LogP contribution is -2.74. The highest BCUT2D eigenvalue weighted by molar-refractivity contribution is 5.04. The van der Waals surface area contributed by atoms with Gasteiger partial charge in [0.15, 0.2) is 0 Å². The van der Waals surface area contributed by atoms with Crippen LogP contribution in [-0.4, -0.2) is 78.4 Å². The van der Waals surface area contributed by atoms with Gasteiger partial charge in [-0.2, -0.15) is 0 Å². The predicted octanol–water partition coefficient (Wildman–Crippen LogP) is 1.47. The van der Waals surface area contributed by atoms with Gasteiger partial charge >= 0.3 is 0 Å². The van der Waals surface area contributed by atoms with E-state index in [9.17, 15) is 0 Å².